The monoisotopic (exact) mass is 517 g/mol. The maximum Gasteiger partial charge on any atom is 0.417 e. The second-order valence-corrected chi connectivity index (χ2v) is 7.92. The third kappa shape index (κ3) is 3.57. The molecule has 4 nitrogen and oxygen atoms in total. The highest BCUT2D eigenvalue weighted by atomic mass is 79.9. The number of aliphatic imine (C=N–C) groups is 1. The van der Waals surface area contributed by atoms with Gasteiger partial charge >= 0.3 is 6.18 Å². The minimum Gasteiger partial charge on any atom is -0.301 e. The van der Waals surface area contributed by atoms with Crippen molar-refractivity contribution >= 4 is 33.2 Å². The molecule has 0 N–H and O–H groups in total. The Labute approximate surface area is 185 Å². The maximum absolute atomic E-state index is 14.6. The third-order valence-electron chi connectivity index (χ3n) is 4.73. The van der Waals surface area contributed by atoms with Gasteiger partial charge in [0.15, 0.2) is 0 Å². The first-order valence-corrected chi connectivity index (χ1v) is 9.89. The van der Waals surface area contributed by atoms with Crippen LogP contribution in [-0.4, -0.2) is 15.3 Å². The second-order valence-electron chi connectivity index (χ2n) is 6.69. The van der Waals surface area contributed by atoms with Gasteiger partial charge in [0.2, 0.25) is 0 Å². The van der Waals surface area contributed by atoms with E-state index < -0.39 is 51.3 Å². The lowest BCUT2D eigenvalue weighted by atomic mass is 9.97. The lowest BCUT2D eigenvalue weighted by molar-refractivity contribution is -0.137. The predicted molar refractivity (Wildman–Crippen MR) is 108 cm³/mol. The molecule has 0 bridgehead atoms. The molecule has 1 aliphatic heterocycles. The Morgan fingerprint density at radius 3 is 2.35 bits per heavy atom. The molecule has 0 fully saturated rings. The van der Waals surface area contributed by atoms with Crippen molar-refractivity contribution in [3.63, 3.8) is 0 Å². The van der Waals surface area contributed by atoms with Crippen molar-refractivity contribution in [2.75, 3.05) is 0 Å². The van der Waals surface area contributed by atoms with Gasteiger partial charge < -0.3 is 4.57 Å². The lowest BCUT2D eigenvalue weighted by Crippen LogP contribution is -2.19. The van der Waals surface area contributed by atoms with Gasteiger partial charge in [-0.25, -0.2) is 8.78 Å². The Morgan fingerprint density at radius 1 is 1.10 bits per heavy atom. The van der Waals surface area contributed by atoms with Crippen LogP contribution >= 0.6 is 27.5 Å². The quantitative estimate of drug-likeness (QED) is 0.379. The molecule has 0 spiro atoms. The smallest absolute Gasteiger partial charge is 0.301 e. The van der Waals surface area contributed by atoms with E-state index in [9.17, 15) is 26.7 Å². The van der Waals surface area contributed by atoms with Crippen molar-refractivity contribution in [1.29, 1.82) is 0 Å². The Hall–Kier alpha value is -2.59. The Kier molecular flexibility index (Phi) is 5.25. The van der Waals surface area contributed by atoms with E-state index in [1.807, 2.05) is 0 Å². The number of aromatic nitrogens is 2. The van der Waals surface area contributed by atoms with Gasteiger partial charge in [-0.15, -0.1) is 0 Å². The van der Waals surface area contributed by atoms with E-state index in [4.69, 9.17) is 11.6 Å². The molecule has 3 aromatic rings. The van der Waals surface area contributed by atoms with E-state index in [0.29, 0.717) is 0 Å². The summed E-state index contributed by atoms with van der Waals surface area (Å²) in [4.78, 5) is 20.2. The number of nitrogens with zero attached hydrogens (tertiary/aromatic N) is 3. The van der Waals surface area contributed by atoms with Gasteiger partial charge in [-0.2, -0.15) is 18.2 Å². The summed E-state index contributed by atoms with van der Waals surface area (Å²) in [7, 11) is 0. The number of hydrogen-bond acceptors (Lipinski definition) is 3. The Morgan fingerprint density at radius 2 is 1.74 bits per heavy atom. The summed E-state index contributed by atoms with van der Waals surface area (Å²) in [6.45, 7) is 1.50. The lowest BCUT2D eigenvalue weighted by Gasteiger charge is -2.19. The van der Waals surface area contributed by atoms with Crippen molar-refractivity contribution < 1.29 is 22.0 Å². The first-order chi connectivity index (χ1) is 14.5. The SMILES string of the molecule is C[C@@H]1N=C(c2c(F)cccc2F)c2c(ccc(C(F)(F)F)c2Cl)-n2cc(Br)c(=O)nc21. The van der Waals surface area contributed by atoms with E-state index in [0.717, 1.165) is 30.3 Å². The van der Waals surface area contributed by atoms with Gasteiger partial charge in [0.25, 0.3) is 5.56 Å². The summed E-state index contributed by atoms with van der Waals surface area (Å²) in [5, 5.41) is -0.777. The van der Waals surface area contributed by atoms with Crippen molar-refractivity contribution in [3.05, 3.63) is 90.5 Å². The van der Waals surface area contributed by atoms with E-state index in [1.54, 1.807) is 0 Å². The zero-order valence-corrected chi connectivity index (χ0v) is 17.8. The van der Waals surface area contributed by atoms with Crippen LogP contribution in [-0.2, 0) is 6.18 Å². The summed E-state index contributed by atoms with van der Waals surface area (Å²) < 4.78 is 71.3. The molecule has 0 amide bonds. The molecule has 11 heteroatoms. The summed E-state index contributed by atoms with van der Waals surface area (Å²) in [5.74, 6) is -1.99. The van der Waals surface area contributed by atoms with Crippen molar-refractivity contribution in [1.82, 2.24) is 9.55 Å². The highest BCUT2D eigenvalue weighted by Gasteiger charge is 2.37. The molecule has 160 valence electrons. The van der Waals surface area contributed by atoms with Crippen LogP contribution < -0.4 is 5.56 Å². The molecular weight excluding hydrogens is 509 g/mol. The second kappa shape index (κ2) is 7.52. The van der Waals surface area contributed by atoms with Gasteiger partial charge in [-0.05, 0) is 47.1 Å². The Balaban J connectivity index is 2.18. The zero-order valence-electron chi connectivity index (χ0n) is 15.4. The van der Waals surface area contributed by atoms with Crippen molar-refractivity contribution in [2.24, 2.45) is 4.99 Å². The fourth-order valence-electron chi connectivity index (χ4n) is 3.37. The summed E-state index contributed by atoms with van der Waals surface area (Å²) in [6.07, 6.45) is -3.52. The molecule has 2 aromatic carbocycles. The van der Waals surface area contributed by atoms with Gasteiger partial charge in [0.05, 0.1) is 27.5 Å². The van der Waals surface area contributed by atoms with Gasteiger partial charge in [0, 0.05) is 11.8 Å². The largest absolute Gasteiger partial charge is 0.417 e. The molecule has 0 aliphatic carbocycles. The molecule has 31 heavy (non-hydrogen) atoms. The van der Waals surface area contributed by atoms with Gasteiger partial charge in [-0.3, -0.25) is 9.79 Å². The number of rotatable bonds is 1. The topological polar surface area (TPSA) is 47.2 Å². The zero-order chi connectivity index (χ0) is 22.7. The van der Waals surface area contributed by atoms with Crippen LogP contribution in [0.3, 0.4) is 0 Å². The van der Waals surface area contributed by atoms with E-state index in [1.165, 1.54) is 17.7 Å². The van der Waals surface area contributed by atoms with Gasteiger partial charge in [-0.1, -0.05) is 17.7 Å². The summed E-state index contributed by atoms with van der Waals surface area (Å²) >= 11 is 9.22. The van der Waals surface area contributed by atoms with E-state index >= 15 is 0 Å². The number of halogens is 7. The molecule has 1 aliphatic rings. The summed E-state index contributed by atoms with van der Waals surface area (Å²) in [6, 6.07) is 3.95. The van der Waals surface area contributed by atoms with Crippen LogP contribution in [0, 0.1) is 11.6 Å². The average Bonchev–Trinajstić information content (AvgIpc) is 2.78. The maximum atomic E-state index is 14.6. The molecule has 4 rings (SSSR count). The molecular formula is C20H10BrClF5N3O. The fraction of sp³-hybridized carbons (Fsp3) is 0.150. The number of fused-ring (bicyclic) bond motifs is 3. The average molecular weight is 519 g/mol. The van der Waals surface area contributed by atoms with E-state index in [2.05, 4.69) is 25.9 Å². The highest BCUT2D eigenvalue weighted by molar-refractivity contribution is 9.10. The highest BCUT2D eigenvalue weighted by Crippen LogP contribution is 2.41. The molecule has 2 heterocycles. The number of benzene rings is 2. The molecule has 0 unspecified atom stereocenters. The molecule has 0 saturated carbocycles. The van der Waals surface area contributed by atoms with E-state index in [-0.39, 0.29) is 21.5 Å². The number of hydrogen-bond donors (Lipinski definition) is 0. The van der Waals surface area contributed by atoms with Crippen LogP contribution in [0.4, 0.5) is 22.0 Å². The fourth-order valence-corrected chi connectivity index (χ4v) is 4.02. The van der Waals surface area contributed by atoms with Crippen molar-refractivity contribution in [3.8, 4) is 5.69 Å². The minimum absolute atomic E-state index is 0.0333. The predicted octanol–water partition coefficient (Wildman–Crippen LogP) is 5.86. The van der Waals surface area contributed by atoms with Crippen LogP contribution in [0.2, 0.25) is 5.02 Å². The van der Waals surface area contributed by atoms with Crippen LogP contribution in [0.25, 0.3) is 5.69 Å². The van der Waals surface area contributed by atoms with Crippen molar-refractivity contribution in [2.45, 2.75) is 19.1 Å². The number of alkyl halides is 3. The molecule has 1 atom stereocenters. The first kappa shape index (κ1) is 21.6. The Bertz CT molecular complexity index is 1300. The third-order valence-corrected chi connectivity index (χ3v) is 5.66. The molecule has 0 radical (unpaired) electrons. The molecule has 1 aromatic heterocycles. The molecule has 0 saturated heterocycles. The normalized spacial score (nSPS) is 15.7. The van der Waals surface area contributed by atoms with Crippen LogP contribution in [0.5, 0.6) is 0 Å². The first-order valence-electron chi connectivity index (χ1n) is 8.72. The van der Waals surface area contributed by atoms with Crippen LogP contribution in [0.15, 0.2) is 50.8 Å². The van der Waals surface area contributed by atoms with Crippen LogP contribution in [0.1, 0.15) is 35.5 Å². The summed E-state index contributed by atoms with van der Waals surface area (Å²) in [5.41, 5.74) is -3.17. The van der Waals surface area contributed by atoms with Gasteiger partial charge in [0.1, 0.15) is 28.0 Å². The minimum atomic E-state index is -4.83. The standard InChI is InChI=1S/C20H10BrClF5N3O/c1-8-18-29-19(31)10(21)7-30(18)13-6-5-9(20(25,26)27)16(22)15(13)17(28-8)14-11(23)3-2-4-12(14)24/h2-8H,1H3/t8-/m0/s1.